The molecule has 2 aliphatic rings. The van der Waals surface area contributed by atoms with Crippen LogP contribution >= 0.6 is 0 Å². The molecule has 2 heterocycles. The molecule has 0 amide bonds. The van der Waals surface area contributed by atoms with Crippen LogP contribution < -0.4 is 0 Å². The maximum atomic E-state index is 8.44. The fraction of sp³-hybridized carbons (Fsp3) is 1.00. The van der Waals surface area contributed by atoms with Crippen molar-refractivity contribution in [3.63, 3.8) is 0 Å². The zero-order chi connectivity index (χ0) is 13.2. The van der Waals surface area contributed by atoms with Crippen molar-refractivity contribution in [2.75, 3.05) is 19.7 Å². The molecule has 0 bridgehead atoms. The molecule has 98 valence electrons. The van der Waals surface area contributed by atoms with Crippen molar-refractivity contribution in [3.8, 4) is 0 Å². The van der Waals surface area contributed by atoms with E-state index in [-0.39, 0.29) is 25.8 Å². The zero-order valence-corrected chi connectivity index (χ0v) is 10.2. The molecule has 0 aromatic rings. The summed E-state index contributed by atoms with van der Waals surface area (Å²) in [4.78, 5) is 5.44. The number of nitrogens with zero attached hydrogens (tertiary/aromatic N) is 6. The third kappa shape index (κ3) is 2.22. The SMILES string of the molecule is CC1(C)O[C@@H]2[C@H](CN=[N+]=[N-])OC[C@]2(CN=[N+]=[N-])O1. The van der Waals surface area contributed by atoms with Crippen LogP contribution in [-0.4, -0.2) is 43.3 Å². The molecule has 0 radical (unpaired) electrons. The smallest absolute Gasteiger partial charge is 0.164 e. The summed E-state index contributed by atoms with van der Waals surface area (Å²) in [5.74, 6) is -0.770. The summed E-state index contributed by atoms with van der Waals surface area (Å²) in [5.41, 5.74) is 16.0. The van der Waals surface area contributed by atoms with Crippen molar-refractivity contribution in [1.29, 1.82) is 0 Å². The highest BCUT2D eigenvalue weighted by atomic mass is 16.8. The van der Waals surface area contributed by atoms with Gasteiger partial charge in [0.15, 0.2) is 5.79 Å². The topological polar surface area (TPSA) is 125 Å². The van der Waals surface area contributed by atoms with Gasteiger partial charge in [-0.25, -0.2) is 0 Å². The molecule has 0 spiro atoms. The number of azide groups is 2. The van der Waals surface area contributed by atoms with Gasteiger partial charge in [-0.3, -0.25) is 0 Å². The molecule has 0 saturated carbocycles. The summed E-state index contributed by atoms with van der Waals surface area (Å²) >= 11 is 0. The van der Waals surface area contributed by atoms with E-state index in [0.717, 1.165) is 0 Å². The second-order valence-electron chi connectivity index (χ2n) is 4.76. The zero-order valence-electron chi connectivity index (χ0n) is 10.2. The fourth-order valence-electron chi connectivity index (χ4n) is 2.43. The predicted octanol–water partition coefficient (Wildman–Crippen LogP) is 1.90. The standard InChI is InChI=1S/C9H14N6O3/c1-8(2)17-7-6(3-12-14-10)16-5-9(7,18-8)4-13-15-11/h6-7H,3-5H2,1-2H3/t6-,7+,9-/m0/s1. The Bertz CT molecular complexity index is 428. The Hall–Kier alpha value is -1.50. The molecule has 9 heteroatoms. The molecule has 0 aromatic carbocycles. The van der Waals surface area contributed by atoms with Crippen LogP contribution in [0.5, 0.6) is 0 Å². The molecule has 18 heavy (non-hydrogen) atoms. The Morgan fingerprint density at radius 3 is 2.67 bits per heavy atom. The van der Waals surface area contributed by atoms with E-state index >= 15 is 0 Å². The van der Waals surface area contributed by atoms with Crippen LogP contribution in [0.15, 0.2) is 10.2 Å². The minimum Gasteiger partial charge on any atom is -0.372 e. The van der Waals surface area contributed by atoms with Gasteiger partial charge >= 0.3 is 0 Å². The molecule has 2 fully saturated rings. The van der Waals surface area contributed by atoms with Gasteiger partial charge in [-0.1, -0.05) is 10.2 Å². The normalized spacial score (nSPS) is 36.6. The van der Waals surface area contributed by atoms with E-state index in [1.54, 1.807) is 13.8 Å². The molecular formula is C9H14N6O3. The highest BCUT2D eigenvalue weighted by Crippen LogP contribution is 2.43. The minimum atomic E-state index is -0.786. The molecule has 3 atom stereocenters. The van der Waals surface area contributed by atoms with E-state index in [4.69, 9.17) is 25.3 Å². The maximum Gasteiger partial charge on any atom is 0.164 e. The number of hydrogen-bond acceptors (Lipinski definition) is 5. The summed E-state index contributed by atoms with van der Waals surface area (Å²) in [6.45, 7) is 4.12. The Labute approximate surface area is 103 Å². The minimum absolute atomic E-state index is 0.129. The van der Waals surface area contributed by atoms with E-state index in [1.807, 2.05) is 0 Å². The summed E-state index contributed by atoms with van der Waals surface area (Å²) in [7, 11) is 0. The summed E-state index contributed by atoms with van der Waals surface area (Å²) in [5, 5.41) is 7.05. The molecule has 0 unspecified atom stereocenters. The van der Waals surface area contributed by atoms with Gasteiger partial charge in [0.1, 0.15) is 11.7 Å². The van der Waals surface area contributed by atoms with E-state index in [1.165, 1.54) is 0 Å². The van der Waals surface area contributed by atoms with Crippen molar-refractivity contribution < 1.29 is 14.2 Å². The summed E-state index contributed by atoms with van der Waals surface area (Å²) in [6.07, 6.45) is -0.778. The third-order valence-corrected chi connectivity index (χ3v) is 2.98. The summed E-state index contributed by atoms with van der Waals surface area (Å²) < 4.78 is 17.1. The molecule has 0 aromatic heterocycles. The Morgan fingerprint density at radius 1 is 1.28 bits per heavy atom. The highest BCUT2D eigenvalue weighted by molar-refractivity contribution is 5.06. The van der Waals surface area contributed by atoms with Crippen LogP contribution in [0, 0.1) is 0 Å². The first-order chi connectivity index (χ1) is 8.53. The van der Waals surface area contributed by atoms with Gasteiger partial charge in [0.05, 0.1) is 25.8 Å². The summed E-state index contributed by atoms with van der Waals surface area (Å²) in [6, 6.07) is 0. The highest BCUT2D eigenvalue weighted by Gasteiger charge is 2.60. The van der Waals surface area contributed by atoms with Gasteiger partial charge in [-0.2, -0.15) is 0 Å². The average Bonchev–Trinajstić information content (AvgIpc) is 2.75. The van der Waals surface area contributed by atoms with E-state index < -0.39 is 17.5 Å². The maximum absolute atomic E-state index is 8.44. The van der Waals surface area contributed by atoms with Gasteiger partial charge in [-0.05, 0) is 24.9 Å². The Kier molecular flexibility index (Phi) is 3.34. The number of ether oxygens (including phenoxy) is 3. The van der Waals surface area contributed by atoms with Gasteiger partial charge in [0.25, 0.3) is 0 Å². The number of fused-ring (bicyclic) bond motifs is 1. The van der Waals surface area contributed by atoms with Crippen LogP contribution in [0.25, 0.3) is 20.9 Å². The lowest BCUT2D eigenvalue weighted by atomic mass is 9.97. The van der Waals surface area contributed by atoms with E-state index in [0.29, 0.717) is 0 Å². The van der Waals surface area contributed by atoms with Crippen molar-refractivity contribution in [1.82, 2.24) is 0 Å². The van der Waals surface area contributed by atoms with Crippen molar-refractivity contribution in [3.05, 3.63) is 20.9 Å². The quantitative estimate of drug-likeness (QED) is 0.432. The molecule has 2 aliphatic heterocycles. The lowest BCUT2D eigenvalue weighted by Gasteiger charge is -2.24. The van der Waals surface area contributed by atoms with E-state index in [2.05, 4.69) is 20.1 Å². The molecule has 9 nitrogen and oxygen atoms in total. The first-order valence-corrected chi connectivity index (χ1v) is 5.54. The van der Waals surface area contributed by atoms with Crippen LogP contribution in [0.2, 0.25) is 0 Å². The predicted molar refractivity (Wildman–Crippen MR) is 60.5 cm³/mol. The van der Waals surface area contributed by atoms with Gasteiger partial charge in [-0.15, -0.1) is 0 Å². The van der Waals surface area contributed by atoms with Gasteiger partial charge < -0.3 is 14.2 Å². The van der Waals surface area contributed by atoms with Gasteiger partial charge in [0, 0.05) is 9.82 Å². The van der Waals surface area contributed by atoms with Crippen LogP contribution in [0.3, 0.4) is 0 Å². The number of rotatable bonds is 4. The second-order valence-corrected chi connectivity index (χ2v) is 4.76. The number of hydrogen-bond donors (Lipinski definition) is 0. The fourth-order valence-corrected chi connectivity index (χ4v) is 2.43. The van der Waals surface area contributed by atoms with E-state index in [9.17, 15) is 0 Å². The lowest BCUT2D eigenvalue weighted by molar-refractivity contribution is -0.187. The third-order valence-electron chi connectivity index (χ3n) is 2.98. The van der Waals surface area contributed by atoms with Gasteiger partial charge in [0.2, 0.25) is 0 Å². The second kappa shape index (κ2) is 4.64. The first-order valence-electron chi connectivity index (χ1n) is 5.54. The molecule has 0 aliphatic carbocycles. The van der Waals surface area contributed by atoms with Crippen molar-refractivity contribution in [2.24, 2.45) is 10.2 Å². The largest absolute Gasteiger partial charge is 0.372 e. The monoisotopic (exact) mass is 254 g/mol. The first kappa shape index (κ1) is 12.9. The van der Waals surface area contributed by atoms with Crippen LogP contribution in [0.1, 0.15) is 13.8 Å². The van der Waals surface area contributed by atoms with Crippen LogP contribution in [0.4, 0.5) is 0 Å². The Balaban J connectivity index is 2.20. The molecule has 0 N–H and O–H groups in total. The van der Waals surface area contributed by atoms with Crippen LogP contribution in [-0.2, 0) is 14.2 Å². The lowest BCUT2D eigenvalue weighted by Crippen LogP contribution is -2.44. The molecule has 2 saturated heterocycles. The molecule has 2 rings (SSSR count). The average molecular weight is 254 g/mol. The van der Waals surface area contributed by atoms with Crippen molar-refractivity contribution in [2.45, 2.75) is 37.4 Å². The van der Waals surface area contributed by atoms with Crippen molar-refractivity contribution >= 4 is 0 Å². The molecular weight excluding hydrogens is 240 g/mol. The Morgan fingerprint density at radius 2 is 2.00 bits per heavy atom.